The van der Waals surface area contributed by atoms with E-state index in [2.05, 4.69) is 20.3 Å². The van der Waals surface area contributed by atoms with Gasteiger partial charge in [0.2, 0.25) is 5.95 Å². The van der Waals surface area contributed by atoms with Gasteiger partial charge in [0.15, 0.2) is 11.6 Å². The van der Waals surface area contributed by atoms with Gasteiger partial charge >= 0.3 is 5.97 Å². The van der Waals surface area contributed by atoms with Crippen molar-refractivity contribution in [3.05, 3.63) is 66.2 Å². The number of phenolic OH excluding ortho intramolecular Hbond substituents is 2. The average Bonchev–Trinajstić information content (AvgIpc) is 2.88. The van der Waals surface area contributed by atoms with Crippen molar-refractivity contribution in [3.8, 4) is 45.8 Å². The number of phenols is 2. The Bertz CT molecular complexity index is 1300. The number of ether oxygens (including phenoxy) is 3. The van der Waals surface area contributed by atoms with E-state index in [1.165, 1.54) is 33.5 Å². The highest BCUT2D eigenvalue weighted by Crippen LogP contribution is 2.35. The number of aromatic nitrogens is 3. The fraction of sp³-hybridized carbons (Fsp3) is 0.120. The summed E-state index contributed by atoms with van der Waals surface area (Å²) in [4.78, 5) is 25.1. The van der Waals surface area contributed by atoms with E-state index in [-0.39, 0.29) is 29.1 Å². The number of benzene rings is 3. The SMILES string of the molecule is COC(=O)c1ccc(Nc2nc(-c3ccc(OC)cc3O)nc(-c3ccc(OC)cc3O)n2)cc1. The molecular formula is C25H22N4O6. The van der Waals surface area contributed by atoms with Crippen molar-refractivity contribution >= 4 is 17.6 Å². The van der Waals surface area contributed by atoms with Gasteiger partial charge in [0.05, 0.1) is 38.0 Å². The molecule has 0 fully saturated rings. The molecule has 1 heterocycles. The zero-order valence-corrected chi connectivity index (χ0v) is 19.1. The lowest BCUT2D eigenvalue weighted by molar-refractivity contribution is 0.0600. The first-order valence-electron chi connectivity index (χ1n) is 10.4. The maximum Gasteiger partial charge on any atom is 0.337 e. The van der Waals surface area contributed by atoms with Gasteiger partial charge in [0.1, 0.15) is 23.0 Å². The summed E-state index contributed by atoms with van der Waals surface area (Å²) in [7, 11) is 4.30. The molecule has 4 rings (SSSR count). The molecule has 0 saturated carbocycles. The molecule has 1 aromatic heterocycles. The van der Waals surface area contributed by atoms with Crippen LogP contribution in [0.15, 0.2) is 60.7 Å². The van der Waals surface area contributed by atoms with Crippen LogP contribution >= 0.6 is 0 Å². The number of methoxy groups -OCH3 is 3. The number of aromatic hydroxyl groups is 2. The molecule has 0 saturated heterocycles. The Morgan fingerprint density at radius 3 is 1.69 bits per heavy atom. The van der Waals surface area contributed by atoms with Gasteiger partial charge in [0.25, 0.3) is 0 Å². The van der Waals surface area contributed by atoms with Crippen LogP contribution in [0.2, 0.25) is 0 Å². The minimum Gasteiger partial charge on any atom is -0.507 e. The topological polar surface area (TPSA) is 136 Å². The molecule has 0 atom stereocenters. The molecule has 3 aromatic carbocycles. The molecular weight excluding hydrogens is 452 g/mol. The fourth-order valence-corrected chi connectivity index (χ4v) is 3.26. The summed E-state index contributed by atoms with van der Waals surface area (Å²) in [5.74, 6) is 0.794. The lowest BCUT2D eigenvalue weighted by Gasteiger charge is -2.12. The van der Waals surface area contributed by atoms with Crippen molar-refractivity contribution < 1.29 is 29.2 Å². The molecule has 0 aliphatic rings. The second-order valence-corrected chi connectivity index (χ2v) is 7.27. The predicted molar refractivity (Wildman–Crippen MR) is 128 cm³/mol. The average molecular weight is 474 g/mol. The van der Waals surface area contributed by atoms with Crippen LogP contribution < -0.4 is 14.8 Å². The summed E-state index contributed by atoms with van der Waals surface area (Å²) in [6.07, 6.45) is 0. The van der Waals surface area contributed by atoms with E-state index in [1.807, 2.05) is 0 Å². The minimum atomic E-state index is -0.453. The van der Waals surface area contributed by atoms with E-state index >= 15 is 0 Å². The van der Waals surface area contributed by atoms with Gasteiger partial charge in [-0.25, -0.2) is 9.78 Å². The molecule has 4 aromatic rings. The number of rotatable bonds is 7. The molecule has 0 radical (unpaired) electrons. The number of hydrogen-bond acceptors (Lipinski definition) is 10. The van der Waals surface area contributed by atoms with Gasteiger partial charge in [-0.15, -0.1) is 0 Å². The molecule has 0 aliphatic heterocycles. The summed E-state index contributed by atoms with van der Waals surface area (Å²) in [6.45, 7) is 0. The molecule has 0 aliphatic carbocycles. The van der Waals surface area contributed by atoms with Crippen LogP contribution in [0.1, 0.15) is 10.4 Å². The zero-order chi connectivity index (χ0) is 24.9. The number of nitrogens with zero attached hydrogens (tertiary/aromatic N) is 3. The van der Waals surface area contributed by atoms with Crippen molar-refractivity contribution in [2.45, 2.75) is 0 Å². The lowest BCUT2D eigenvalue weighted by atomic mass is 10.1. The Morgan fingerprint density at radius 1 is 0.743 bits per heavy atom. The molecule has 3 N–H and O–H groups in total. The lowest BCUT2D eigenvalue weighted by Crippen LogP contribution is -2.04. The molecule has 178 valence electrons. The Morgan fingerprint density at radius 2 is 1.26 bits per heavy atom. The molecule has 0 amide bonds. The van der Waals surface area contributed by atoms with Crippen molar-refractivity contribution in [1.29, 1.82) is 0 Å². The van der Waals surface area contributed by atoms with Crippen molar-refractivity contribution in [2.75, 3.05) is 26.6 Å². The van der Waals surface area contributed by atoms with Crippen LogP contribution in [-0.4, -0.2) is 52.5 Å². The molecule has 0 spiro atoms. The van der Waals surface area contributed by atoms with Crippen LogP contribution in [0.3, 0.4) is 0 Å². The maximum atomic E-state index is 11.7. The summed E-state index contributed by atoms with van der Waals surface area (Å²) in [5.41, 5.74) is 1.66. The van der Waals surface area contributed by atoms with Crippen LogP contribution in [0.25, 0.3) is 22.8 Å². The number of carbonyl (C=O) groups excluding carboxylic acids is 1. The highest BCUT2D eigenvalue weighted by molar-refractivity contribution is 5.89. The Labute approximate surface area is 200 Å². The highest BCUT2D eigenvalue weighted by atomic mass is 16.5. The molecule has 0 unspecified atom stereocenters. The summed E-state index contributed by atoms with van der Waals surface area (Å²) in [5, 5.41) is 24.1. The van der Waals surface area contributed by atoms with E-state index in [4.69, 9.17) is 14.2 Å². The van der Waals surface area contributed by atoms with E-state index in [0.29, 0.717) is 33.9 Å². The number of hydrogen-bond donors (Lipinski definition) is 3. The monoisotopic (exact) mass is 474 g/mol. The van der Waals surface area contributed by atoms with Gasteiger partial charge in [-0.2, -0.15) is 9.97 Å². The van der Waals surface area contributed by atoms with E-state index in [9.17, 15) is 15.0 Å². The quantitative estimate of drug-likeness (QED) is 0.335. The van der Waals surface area contributed by atoms with E-state index in [1.54, 1.807) is 48.5 Å². The van der Waals surface area contributed by atoms with Gasteiger partial charge in [-0.3, -0.25) is 0 Å². The summed E-state index contributed by atoms with van der Waals surface area (Å²) < 4.78 is 15.0. The Balaban J connectivity index is 1.79. The smallest absolute Gasteiger partial charge is 0.337 e. The predicted octanol–water partition coefficient (Wildman–Crippen LogP) is 4.16. The zero-order valence-electron chi connectivity index (χ0n) is 19.1. The summed E-state index contributed by atoms with van der Waals surface area (Å²) >= 11 is 0. The second-order valence-electron chi connectivity index (χ2n) is 7.27. The van der Waals surface area contributed by atoms with Gasteiger partial charge < -0.3 is 29.7 Å². The third kappa shape index (κ3) is 5.06. The molecule has 35 heavy (non-hydrogen) atoms. The first kappa shape index (κ1) is 23.3. The fourth-order valence-electron chi connectivity index (χ4n) is 3.26. The number of nitrogens with one attached hydrogen (secondary N) is 1. The Hall–Kier alpha value is -4.86. The largest absolute Gasteiger partial charge is 0.507 e. The van der Waals surface area contributed by atoms with Crippen LogP contribution in [0, 0.1) is 0 Å². The normalized spacial score (nSPS) is 10.5. The highest BCUT2D eigenvalue weighted by Gasteiger charge is 2.17. The van der Waals surface area contributed by atoms with Crippen LogP contribution in [0.5, 0.6) is 23.0 Å². The third-order valence-corrected chi connectivity index (χ3v) is 5.09. The Kier molecular flexibility index (Phi) is 6.63. The van der Waals surface area contributed by atoms with Crippen molar-refractivity contribution in [2.24, 2.45) is 0 Å². The number of esters is 1. The van der Waals surface area contributed by atoms with Crippen LogP contribution in [-0.2, 0) is 4.74 Å². The number of carbonyl (C=O) groups is 1. The number of anilines is 2. The van der Waals surface area contributed by atoms with Gasteiger partial charge in [-0.1, -0.05) is 0 Å². The van der Waals surface area contributed by atoms with Crippen molar-refractivity contribution in [1.82, 2.24) is 15.0 Å². The minimum absolute atomic E-state index is 0.0890. The maximum absolute atomic E-state index is 11.7. The molecule has 10 heteroatoms. The van der Waals surface area contributed by atoms with E-state index in [0.717, 1.165) is 0 Å². The third-order valence-electron chi connectivity index (χ3n) is 5.09. The summed E-state index contributed by atoms with van der Waals surface area (Å²) in [6, 6.07) is 16.0. The first-order chi connectivity index (χ1) is 16.9. The first-order valence-corrected chi connectivity index (χ1v) is 10.4. The standard InChI is InChI=1S/C25H22N4O6/c1-33-16-8-10-18(20(30)12-16)22-27-23(19-11-9-17(34-2)13-21(19)31)29-25(28-22)26-15-6-4-14(5-7-15)24(32)35-3/h4-13,30-31H,1-3H3,(H,26,27,28,29). The second kappa shape index (κ2) is 9.96. The van der Waals surface area contributed by atoms with Gasteiger partial charge in [-0.05, 0) is 48.5 Å². The molecule has 0 bridgehead atoms. The van der Waals surface area contributed by atoms with Gasteiger partial charge in [0, 0.05) is 17.8 Å². The molecule has 10 nitrogen and oxygen atoms in total. The van der Waals surface area contributed by atoms with Crippen molar-refractivity contribution in [3.63, 3.8) is 0 Å². The van der Waals surface area contributed by atoms with E-state index < -0.39 is 5.97 Å². The van der Waals surface area contributed by atoms with Crippen LogP contribution in [0.4, 0.5) is 11.6 Å².